The summed E-state index contributed by atoms with van der Waals surface area (Å²) in [6.45, 7) is 1.92. The molecule has 0 saturated heterocycles. The Balaban J connectivity index is 1.62. The third-order valence-electron chi connectivity index (χ3n) is 3.92. The number of ether oxygens (including phenoxy) is 2. The summed E-state index contributed by atoms with van der Waals surface area (Å²) in [6.07, 6.45) is 1.14. The number of benzene rings is 2. The number of hydrogen-bond donors (Lipinski definition) is 1. The van der Waals surface area contributed by atoms with Crippen LogP contribution in [0.4, 0.5) is 0 Å². The van der Waals surface area contributed by atoms with Gasteiger partial charge in [-0.05, 0) is 37.5 Å². The van der Waals surface area contributed by atoms with E-state index in [1.807, 2.05) is 30.3 Å². The first-order valence-corrected chi connectivity index (χ1v) is 8.40. The van der Waals surface area contributed by atoms with Crippen LogP contribution in [0, 0.1) is 0 Å². The SMILES string of the molecule is CC(OC(=O)c1ccccc1OCc1ccccc1)C(=O)NC1CC1. The average molecular weight is 339 g/mol. The number of carbonyl (C=O) groups is 2. The van der Waals surface area contributed by atoms with Gasteiger partial charge in [0.2, 0.25) is 0 Å². The quantitative estimate of drug-likeness (QED) is 0.787. The lowest BCUT2D eigenvalue weighted by atomic mass is 10.2. The highest BCUT2D eigenvalue weighted by molar-refractivity contribution is 5.94. The van der Waals surface area contributed by atoms with Gasteiger partial charge in [0.05, 0.1) is 0 Å². The minimum Gasteiger partial charge on any atom is -0.488 e. The van der Waals surface area contributed by atoms with Crippen LogP contribution in [0.15, 0.2) is 54.6 Å². The van der Waals surface area contributed by atoms with Crippen molar-refractivity contribution in [3.8, 4) is 5.75 Å². The lowest BCUT2D eigenvalue weighted by Crippen LogP contribution is -2.37. The molecule has 0 aromatic heterocycles. The highest BCUT2D eigenvalue weighted by atomic mass is 16.5. The van der Waals surface area contributed by atoms with Crippen molar-refractivity contribution in [3.05, 3.63) is 65.7 Å². The van der Waals surface area contributed by atoms with Crippen molar-refractivity contribution in [2.75, 3.05) is 0 Å². The Hall–Kier alpha value is -2.82. The van der Waals surface area contributed by atoms with E-state index in [1.54, 1.807) is 31.2 Å². The molecule has 0 radical (unpaired) electrons. The summed E-state index contributed by atoms with van der Waals surface area (Å²) in [7, 11) is 0. The van der Waals surface area contributed by atoms with E-state index >= 15 is 0 Å². The first kappa shape index (κ1) is 17.0. The molecule has 5 heteroatoms. The molecule has 2 aromatic carbocycles. The standard InChI is InChI=1S/C20H21NO4/c1-14(19(22)21-16-11-12-16)25-20(23)17-9-5-6-10-18(17)24-13-15-7-3-2-4-8-15/h2-10,14,16H,11-13H2,1H3,(H,21,22). The van der Waals surface area contributed by atoms with E-state index in [0.29, 0.717) is 17.9 Å². The molecule has 1 atom stereocenters. The summed E-state index contributed by atoms with van der Waals surface area (Å²) in [5.41, 5.74) is 1.31. The largest absolute Gasteiger partial charge is 0.488 e. The summed E-state index contributed by atoms with van der Waals surface area (Å²) in [4.78, 5) is 24.3. The van der Waals surface area contributed by atoms with E-state index in [4.69, 9.17) is 9.47 Å². The maximum atomic E-state index is 12.4. The van der Waals surface area contributed by atoms with Gasteiger partial charge in [0.1, 0.15) is 17.9 Å². The number of para-hydroxylation sites is 1. The zero-order chi connectivity index (χ0) is 17.6. The molecule has 130 valence electrons. The van der Waals surface area contributed by atoms with Crippen LogP contribution in [0.2, 0.25) is 0 Å². The fourth-order valence-electron chi connectivity index (χ4n) is 2.32. The van der Waals surface area contributed by atoms with Gasteiger partial charge in [-0.15, -0.1) is 0 Å². The first-order chi connectivity index (χ1) is 12.1. The van der Waals surface area contributed by atoms with Crippen molar-refractivity contribution in [1.29, 1.82) is 0 Å². The zero-order valence-electron chi connectivity index (χ0n) is 14.1. The Kier molecular flexibility index (Phi) is 5.33. The van der Waals surface area contributed by atoms with Gasteiger partial charge >= 0.3 is 5.97 Å². The van der Waals surface area contributed by atoms with Gasteiger partial charge in [-0.3, -0.25) is 4.79 Å². The molecular weight excluding hydrogens is 318 g/mol. The van der Waals surface area contributed by atoms with Gasteiger partial charge in [0, 0.05) is 6.04 Å². The second-order valence-electron chi connectivity index (χ2n) is 6.10. The zero-order valence-corrected chi connectivity index (χ0v) is 14.1. The van der Waals surface area contributed by atoms with E-state index in [1.165, 1.54) is 0 Å². The molecule has 1 unspecified atom stereocenters. The van der Waals surface area contributed by atoms with Gasteiger partial charge in [-0.25, -0.2) is 4.79 Å². The molecule has 2 aromatic rings. The van der Waals surface area contributed by atoms with Crippen LogP contribution in [0.3, 0.4) is 0 Å². The van der Waals surface area contributed by atoms with Crippen LogP contribution in [0.1, 0.15) is 35.7 Å². The Bertz CT molecular complexity index is 740. The number of rotatable bonds is 7. The van der Waals surface area contributed by atoms with Crippen LogP contribution < -0.4 is 10.1 Å². The molecule has 1 aliphatic rings. The van der Waals surface area contributed by atoms with E-state index in [9.17, 15) is 9.59 Å². The van der Waals surface area contributed by atoms with E-state index < -0.39 is 12.1 Å². The summed E-state index contributed by atoms with van der Waals surface area (Å²) in [5, 5.41) is 2.82. The predicted octanol–water partition coefficient (Wildman–Crippen LogP) is 3.09. The molecule has 1 N–H and O–H groups in total. The van der Waals surface area contributed by atoms with Crippen molar-refractivity contribution < 1.29 is 19.1 Å². The van der Waals surface area contributed by atoms with Gasteiger partial charge in [0.15, 0.2) is 6.10 Å². The van der Waals surface area contributed by atoms with Crippen LogP contribution in [-0.2, 0) is 16.1 Å². The van der Waals surface area contributed by atoms with Gasteiger partial charge in [-0.2, -0.15) is 0 Å². The van der Waals surface area contributed by atoms with Crippen molar-refractivity contribution in [2.45, 2.75) is 38.5 Å². The topological polar surface area (TPSA) is 64.6 Å². The fraction of sp³-hybridized carbons (Fsp3) is 0.300. The minimum absolute atomic E-state index is 0.232. The van der Waals surface area contributed by atoms with Crippen LogP contribution in [0.25, 0.3) is 0 Å². The Morgan fingerprint density at radius 1 is 1.08 bits per heavy atom. The molecule has 0 heterocycles. The van der Waals surface area contributed by atoms with E-state index in [2.05, 4.69) is 5.32 Å². The smallest absolute Gasteiger partial charge is 0.342 e. The summed E-state index contributed by atoms with van der Waals surface area (Å²) in [5.74, 6) is -0.396. The Labute approximate surface area is 147 Å². The predicted molar refractivity (Wildman–Crippen MR) is 93.3 cm³/mol. The molecule has 1 amide bonds. The van der Waals surface area contributed by atoms with Gasteiger partial charge in [-0.1, -0.05) is 42.5 Å². The van der Waals surface area contributed by atoms with Crippen molar-refractivity contribution in [1.82, 2.24) is 5.32 Å². The average Bonchev–Trinajstić information content (AvgIpc) is 3.45. The number of carbonyl (C=O) groups excluding carboxylic acids is 2. The molecular formula is C20H21NO4. The maximum absolute atomic E-state index is 12.4. The number of esters is 1. The van der Waals surface area contributed by atoms with E-state index in [0.717, 1.165) is 18.4 Å². The van der Waals surface area contributed by atoms with Crippen molar-refractivity contribution >= 4 is 11.9 Å². The molecule has 1 saturated carbocycles. The first-order valence-electron chi connectivity index (χ1n) is 8.40. The Morgan fingerprint density at radius 2 is 1.76 bits per heavy atom. The highest BCUT2D eigenvalue weighted by Gasteiger charge is 2.27. The van der Waals surface area contributed by atoms with Crippen LogP contribution >= 0.6 is 0 Å². The highest BCUT2D eigenvalue weighted by Crippen LogP contribution is 2.22. The molecule has 1 fully saturated rings. The lowest BCUT2D eigenvalue weighted by Gasteiger charge is -2.15. The molecule has 25 heavy (non-hydrogen) atoms. The molecule has 0 spiro atoms. The third-order valence-corrected chi connectivity index (χ3v) is 3.92. The lowest BCUT2D eigenvalue weighted by molar-refractivity contribution is -0.129. The maximum Gasteiger partial charge on any atom is 0.342 e. The summed E-state index contributed by atoms with van der Waals surface area (Å²) < 4.78 is 11.0. The summed E-state index contributed by atoms with van der Waals surface area (Å²) >= 11 is 0. The Morgan fingerprint density at radius 3 is 2.48 bits per heavy atom. The van der Waals surface area contributed by atoms with E-state index in [-0.39, 0.29) is 11.9 Å². The number of hydrogen-bond acceptors (Lipinski definition) is 4. The molecule has 0 bridgehead atoms. The third kappa shape index (κ3) is 4.83. The van der Waals surface area contributed by atoms with Crippen molar-refractivity contribution in [2.24, 2.45) is 0 Å². The second-order valence-corrected chi connectivity index (χ2v) is 6.10. The fourth-order valence-corrected chi connectivity index (χ4v) is 2.32. The minimum atomic E-state index is -0.838. The summed E-state index contributed by atoms with van der Waals surface area (Å²) in [6, 6.07) is 16.8. The normalized spacial score (nSPS) is 14.4. The number of amides is 1. The van der Waals surface area contributed by atoms with Gasteiger partial charge in [0.25, 0.3) is 5.91 Å². The molecule has 3 rings (SSSR count). The van der Waals surface area contributed by atoms with Gasteiger partial charge < -0.3 is 14.8 Å². The molecule has 1 aliphatic carbocycles. The van der Waals surface area contributed by atoms with Crippen LogP contribution in [-0.4, -0.2) is 24.0 Å². The van der Waals surface area contributed by atoms with Crippen LogP contribution in [0.5, 0.6) is 5.75 Å². The monoisotopic (exact) mass is 339 g/mol. The van der Waals surface area contributed by atoms with Crippen molar-refractivity contribution in [3.63, 3.8) is 0 Å². The molecule has 0 aliphatic heterocycles. The molecule has 5 nitrogen and oxygen atoms in total. The number of nitrogens with one attached hydrogen (secondary N) is 1. The second kappa shape index (κ2) is 7.83.